The number of hydrogen-bond acceptors (Lipinski definition) is 3. The molecule has 26 heavy (non-hydrogen) atoms. The van der Waals surface area contributed by atoms with Gasteiger partial charge in [-0.2, -0.15) is 5.10 Å². The van der Waals surface area contributed by atoms with E-state index in [0.717, 1.165) is 37.1 Å². The maximum absolute atomic E-state index is 13.3. The topological polar surface area (TPSA) is 50.2 Å². The molecule has 0 spiro atoms. The second-order valence-corrected chi connectivity index (χ2v) is 7.07. The largest absolute Gasteiger partial charge is 0.344 e. The fourth-order valence-electron chi connectivity index (χ4n) is 3.51. The van der Waals surface area contributed by atoms with Crippen molar-refractivity contribution in [1.82, 2.24) is 20.0 Å². The smallest absolute Gasteiger partial charge is 0.237 e. The van der Waals surface area contributed by atoms with Crippen molar-refractivity contribution in [1.29, 1.82) is 0 Å². The molecule has 3 rings (SSSR count). The van der Waals surface area contributed by atoms with Gasteiger partial charge in [-0.1, -0.05) is 25.0 Å². The quantitative estimate of drug-likeness (QED) is 0.894. The van der Waals surface area contributed by atoms with Crippen LogP contribution in [0.4, 0.5) is 4.39 Å². The number of likely N-dealkylation sites (tertiary alicyclic amines) is 1. The van der Waals surface area contributed by atoms with Crippen molar-refractivity contribution >= 4 is 5.91 Å². The molecule has 2 atom stereocenters. The highest BCUT2D eigenvalue weighted by atomic mass is 19.1. The summed E-state index contributed by atoms with van der Waals surface area (Å²) in [4.78, 5) is 15.2. The fourth-order valence-corrected chi connectivity index (χ4v) is 3.51. The Bertz CT molecular complexity index is 720. The molecule has 5 nitrogen and oxygen atoms in total. The molecule has 0 aliphatic carbocycles. The molecule has 1 aliphatic rings. The van der Waals surface area contributed by atoms with Crippen LogP contribution in [0, 0.1) is 5.82 Å². The molecule has 1 aromatic carbocycles. The summed E-state index contributed by atoms with van der Waals surface area (Å²) in [7, 11) is 1.84. The minimum atomic E-state index is -0.341. The number of aromatic nitrogens is 2. The average Bonchev–Trinajstić information content (AvgIpc) is 2.90. The van der Waals surface area contributed by atoms with Crippen LogP contribution in [0.15, 0.2) is 36.7 Å². The molecule has 1 aromatic heterocycles. The van der Waals surface area contributed by atoms with Gasteiger partial charge in [-0.15, -0.1) is 0 Å². The van der Waals surface area contributed by atoms with Gasteiger partial charge < -0.3 is 5.32 Å². The number of benzene rings is 1. The van der Waals surface area contributed by atoms with E-state index >= 15 is 0 Å². The van der Waals surface area contributed by atoms with Gasteiger partial charge >= 0.3 is 0 Å². The average molecular weight is 358 g/mol. The first kappa shape index (κ1) is 18.6. The molecular formula is C20H27FN4O. The van der Waals surface area contributed by atoms with Crippen LogP contribution >= 0.6 is 0 Å². The lowest BCUT2D eigenvalue weighted by Gasteiger charge is -2.28. The van der Waals surface area contributed by atoms with Crippen molar-refractivity contribution in [2.75, 3.05) is 13.1 Å². The minimum Gasteiger partial charge on any atom is -0.344 e. The summed E-state index contributed by atoms with van der Waals surface area (Å²) >= 11 is 0. The highest BCUT2D eigenvalue weighted by Crippen LogP contribution is 2.23. The van der Waals surface area contributed by atoms with E-state index in [-0.39, 0.29) is 23.8 Å². The molecule has 1 fully saturated rings. The van der Waals surface area contributed by atoms with Crippen molar-refractivity contribution in [3.63, 3.8) is 0 Å². The van der Waals surface area contributed by atoms with Crippen LogP contribution in [0.2, 0.25) is 0 Å². The third-order valence-corrected chi connectivity index (χ3v) is 5.12. The third kappa shape index (κ3) is 4.49. The number of carbonyl (C=O) groups excluding carboxylic acids is 1. The van der Waals surface area contributed by atoms with Gasteiger partial charge in [-0.05, 0) is 50.6 Å². The van der Waals surface area contributed by atoms with Gasteiger partial charge in [-0.3, -0.25) is 14.4 Å². The highest BCUT2D eigenvalue weighted by molar-refractivity contribution is 5.82. The molecule has 1 saturated heterocycles. The van der Waals surface area contributed by atoms with Crippen molar-refractivity contribution in [3.05, 3.63) is 53.6 Å². The lowest BCUT2D eigenvalue weighted by molar-refractivity contribution is -0.126. The second kappa shape index (κ2) is 8.45. The Morgan fingerprint density at radius 2 is 1.77 bits per heavy atom. The number of halogens is 1. The summed E-state index contributed by atoms with van der Waals surface area (Å²) in [6.45, 7) is 3.89. The molecule has 140 valence electrons. The van der Waals surface area contributed by atoms with Crippen LogP contribution in [0.5, 0.6) is 0 Å². The standard InChI is InChI=1S/C20H27FN4O/c1-15(25-11-5-3-4-6-12-25)20(26)23-19(17-13-22-24(2)14-17)16-7-9-18(21)10-8-16/h7-10,13-15,19H,3-6,11-12H2,1-2H3,(H,23,26). The Morgan fingerprint density at radius 1 is 1.12 bits per heavy atom. The zero-order valence-corrected chi connectivity index (χ0v) is 15.5. The number of carbonyl (C=O) groups is 1. The first-order valence-corrected chi connectivity index (χ1v) is 9.33. The number of nitrogens with zero attached hydrogens (tertiary/aromatic N) is 3. The van der Waals surface area contributed by atoms with Gasteiger partial charge in [-0.25, -0.2) is 4.39 Å². The lowest BCUT2D eigenvalue weighted by Crippen LogP contribution is -2.46. The predicted octanol–water partition coefficient (Wildman–Crippen LogP) is 3.03. The Hall–Kier alpha value is -2.21. The number of amides is 1. The van der Waals surface area contributed by atoms with Gasteiger partial charge in [0.2, 0.25) is 5.91 Å². The zero-order valence-electron chi connectivity index (χ0n) is 15.5. The summed E-state index contributed by atoms with van der Waals surface area (Å²) < 4.78 is 15.0. The van der Waals surface area contributed by atoms with E-state index in [1.807, 2.05) is 20.2 Å². The normalized spacial score (nSPS) is 18.1. The first-order chi connectivity index (χ1) is 12.5. The van der Waals surface area contributed by atoms with Gasteiger partial charge in [0.25, 0.3) is 0 Å². The molecule has 6 heteroatoms. The Labute approximate surface area is 154 Å². The van der Waals surface area contributed by atoms with Crippen LogP contribution < -0.4 is 5.32 Å². The molecule has 1 N–H and O–H groups in total. The molecule has 0 saturated carbocycles. The van der Waals surface area contributed by atoms with Crippen LogP contribution in [0.3, 0.4) is 0 Å². The monoisotopic (exact) mass is 358 g/mol. The molecule has 2 heterocycles. The van der Waals surface area contributed by atoms with Gasteiger partial charge in [0.05, 0.1) is 18.3 Å². The van der Waals surface area contributed by atoms with E-state index < -0.39 is 0 Å². The lowest BCUT2D eigenvalue weighted by atomic mass is 10.0. The second-order valence-electron chi connectivity index (χ2n) is 7.07. The van der Waals surface area contributed by atoms with Crippen LogP contribution in [-0.2, 0) is 11.8 Å². The number of rotatable bonds is 5. The number of nitrogens with one attached hydrogen (secondary N) is 1. The maximum atomic E-state index is 13.3. The van der Waals surface area contributed by atoms with E-state index in [0.29, 0.717) is 0 Å². The summed E-state index contributed by atoms with van der Waals surface area (Å²) in [5, 5.41) is 7.36. The molecular weight excluding hydrogens is 331 g/mol. The highest BCUT2D eigenvalue weighted by Gasteiger charge is 2.26. The van der Waals surface area contributed by atoms with Crippen molar-refractivity contribution < 1.29 is 9.18 Å². The van der Waals surface area contributed by atoms with E-state index in [9.17, 15) is 9.18 Å². The SMILES string of the molecule is CC(C(=O)NC(c1ccc(F)cc1)c1cnn(C)c1)N1CCCCCC1. The Kier molecular flexibility index (Phi) is 6.04. The molecule has 0 radical (unpaired) electrons. The third-order valence-electron chi connectivity index (χ3n) is 5.12. The first-order valence-electron chi connectivity index (χ1n) is 9.33. The zero-order chi connectivity index (χ0) is 18.5. The van der Waals surface area contributed by atoms with Gasteiger partial charge in [0, 0.05) is 18.8 Å². The van der Waals surface area contributed by atoms with E-state index in [4.69, 9.17) is 0 Å². The summed E-state index contributed by atoms with van der Waals surface area (Å²) in [6, 6.07) is 5.74. The minimum absolute atomic E-state index is 0.00919. The maximum Gasteiger partial charge on any atom is 0.237 e. The van der Waals surface area contributed by atoms with Gasteiger partial charge in [0.15, 0.2) is 0 Å². The van der Waals surface area contributed by atoms with E-state index in [2.05, 4.69) is 15.3 Å². The van der Waals surface area contributed by atoms with Crippen LogP contribution in [-0.4, -0.2) is 39.7 Å². The predicted molar refractivity (Wildman–Crippen MR) is 99.1 cm³/mol. The summed E-state index contributed by atoms with van der Waals surface area (Å²) in [5.74, 6) is -0.298. The number of aryl methyl sites for hydroxylation is 1. The Balaban J connectivity index is 1.78. The molecule has 1 aliphatic heterocycles. The van der Waals surface area contributed by atoms with E-state index in [1.165, 1.54) is 25.0 Å². The molecule has 2 aromatic rings. The van der Waals surface area contributed by atoms with E-state index in [1.54, 1.807) is 23.0 Å². The van der Waals surface area contributed by atoms with Gasteiger partial charge in [0.1, 0.15) is 5.82 Å². The molecule has 0 bridgehead atoms. The number of hydrogen-bond donors (Lipinski definition) is 1. The van der Waals surface area contributed by atoms with Crippen molar-refractivity contribution in [2.45, 2.75) is 44.7 Å². The molecule has 2 unspecified atom stereocenters. The fraction of sp³-hybridized carbons (Fsp3) is 0.500. The van der Waals surface area contributed by atoms with Crippen LogP contribution in [0.25, 0.3) is 0 Å². The van der Waals surface area contributed by atoms with Crippen molar-refractivity contribution in [2.24, 2.45) is 7.05 Å². The summed E-state index contributed by atoms with van der Waals surface area (Å²) in [6.07, 6.45) is 8.37. The van der Waals surface area contributed by atoms with Crippen molar-refractivity contribution in [3.8, 4) is 0 Å². The molecule has 1 amide bonds. The Morgan fingerprint density at radius 3 is 2.35 bits per heavy atom. The summed E-state index contributed by atoms with van der Waals surface area (Å²) in [5.41, 5.74) is 1.73. The van der Waals surface area contributed by atoms with Crippen LogP contribution in [0.1, 0.15) is 49.8 Å².